The Morgan fingerprint density at radius 3 is 2.35 bits per heavy atom. The van der Waals surface area contributed by atoms with Crippen LogP contribution < -0.4 is 5.32 Å². The van der Waals surface area contributed by atoms with Crippen LogP contribution in [0.4, 0.5) is 0 Å². The predicted octanol–water partition coefficient (Wildman–Crippen LogP) is 4.87. The zero-order chi connectivity index (χ0) is 13.0. The van der Waals surface area contributed by atoms with Crippen LogP contribution in [0.15, 0.2) is 27.6 Å². The summed E-state index contributed by atoms with van der Waals surface area (Å²) >= 11 is 5.53. The fourth-order valence-electron chi connectivity index (χ4n) is 1.46. The van der Waals surface area contributed by atoms with E-state index < -0.39 is 0 Å². The second-order valence-corrected chi connectivity index (χ2v) is 7.09. The van der Waals surface area contributed by atoms with E-state index in [0.717, 1.165) is 4.47 Å². The normalized spacial score (nSPS) is 15.0. The van der Waals surface area contributed by atoms with Crippen molar-refractivity contribution in [3.63, 3.8) is 0 Å². The first-order chi connectivity index (χ1) is 7.95. The standard InChI is InChI=1S/C14H22BrNS/c1-9(2)11(4)17-14-8-12(15)6-7-13(14)10(3)16-5/h6-11,16H,1-5H3. The van der Waals surface area contributed by atoms with E-state index in [2.05, 4.69) is 67.1 Å². The Hall–Kier alpha value is 0.01000. The van der Waals surface area contributed by atoms with E-state index in [9.17, 15) is 0 Å². The minimum Gasteiger partial charge on any atom is -0.313 e. The van der Waals surface area contributed by atoms with Crippen molar-refractivity contribution in [3.05, 3.63) is 28.2 Å². The number of thioether (sulfide) groups is 1. The number of hydrogen-bond acceptors (Lipinski definition) is 2. The lowest BCUT2D eigenvalue weighted by Gasteiger charge is -2.20. The quantitative estimate of drug-likeness (QED) is 0.778. The zero-order valence-electron chi connectivity index (χ0n) is 11.3. The number of nitrogens with one attached hydrogen (secondary N) is 1. The summed E-state index contributed by atoms with van der Waals surface area (Å²) in [7, 11) is 2.01. The van der Waals surface area contributed by atoms with Crippen molar-refractivity contribution in [3.8, 4) is 0 Å². The van der Waals surface area contributed by atoms with Gasteiger partial charge in [-0.05, 0) is 37.6 Å². The number of hydrogen-bond donors (Lipinski definition) is 1. The summed E-state index contributed by atoms with van der Waals surface area (Å²) in [5.74, 6) is 0.691. The first kappa shape index (κ1) is 15.1. The molecule has 0 bridgehead atoms. The monoisotopic (exact) mass is 315 g/mol. The molecular formula is C14H22BrNS. The molecular weight excluding hydrogens is 294 g/mol. The zero-order valence-corrected chi connectivity index (χ0v) is 13.7. The lowest BCUT2D eigenvalue weighted by Crippen LogP contribution is -2.14. The second kappa shape index (κ2) is 6.81. The van der Waals surface area contributed by atoms with Crippen molar-refractivity contribution in [2.75, 3.05) is 7.05 Å². The van der Waals surface area contributed by atoms with E-state index in [1.54, 1.807) is 0 Å². The Bertz CT molecular complexity index is 365. The van der Waals surface area contributed by atoms with Crippen LogP contribution in [0, 0.1) is 5.92 Å². The average Bonchev–Trinajstić information content (AvgIpc) is 2.28. The van der Waals surface area contributed by atoms with E-state index in [4.69, 9.17) is 0 Å². The van der Waals surface area contributed by atoms with Crippen LogP contribution in [0.5, 0.6) is 0 Å². The Labute approximate surface area is 118 Å². The van der Waals surface area contributed by atoms with Gasteiger partial charge in [0.15, 0.2) is 0 Å². The average molecular weight is 316 g/mol. The molecule has 0 fully saturated rings. The van der Waals surface area contributed by atoms with Crippen molar-refractivity contribution in [1.29, 1.82) is 0 Å². The summed E-state index contributed by atoms with van der Waals surface area (Å²) < 4.78 is 1.16. The van der Waals surface area contributed by atoms with Gasteiger partial charge in [0.05, 0.1) is 0 Å². The van der Waals surface area contributed by atoms with Gasteiger partial charge in [0.2, 0.25) is 0 Å². The van der Waals surface area contributed by atoms with Gasteiger partial charge in [-0.1, -0.05) is 42.8 Å². The summed E-state index contributed by atoms with van der Waals surface area (Å²) in [6.07, 6.45) is 0. The smallest absolute Gasteiger partial charge is 0.0300 e. The van der Waals surface area contributed by atoms with Crippen LogP contribution >= 0.6 is 27.7 Å². The largest absolute Gasteiger partial charge is 0.313 e. The van der Waals surface area contributed by atoms with E-state index in [-0.39, 0.29) is 0 Å². The molecule has 1 aromatic carbocycles. The van der Waals surface area contributed by atoms with Crippen molar-refractivity contribution in [1.82, 2.24) is 5.32 Å². The maximum Gasteiger partial charge on any atom is 0.0300 e. The molecule has 1 rings (SSSR count). The Kier molecular flexibility index (Phi) is 6.04. The number of halogens is 1. The molecule has 17 heavy (non-hydrogen) atoms. The molecule has 0 amide bonds. The molecule has 0 aromatic heterocycles. The molecule has 96 valence electrons. The van der Waals surface area contributed by atoms with E-state index in [1.165, 1.54) is 10.5 Å². The maximum atomic E-state index is 3.56. The van der Waals surface area contributed by atoms with Gasteiger partial charge in [0.25, 0.3) is 0 Å². The van der Waals surface area contributed by atoms with E-state index in [1.807, 2.05) is 18.8 Å². The second-order valence-electron chi connectivity index (χ2n) is 4.76. The Morgan fingerprint density at radius 1 is 1.18 bits per heavy atom. The third-order valence-electron chi connectivity index (χ3n) is 3.13. The minimum absolute atomic E-state index is 0.393. The molecule has 0 aliphatic carbocycles. The van der Waals surface area contributed by atoms with Gasteiger partial charge >= 0.3 is 0 Å². The summed E-state index contributed by atoms with van der Waals surface area (Å²) in [4.78, 5) is 1.38. The topological polar surface area (TPSA) is 12.0 Å². The van der Waals surface area contributed by atoms with Gasteiger partial charge in [0, 0.05) is 20.7 Å². The molecule has 1 aromatic rings. The summed E-state index contributed by atoms with van der Waals surface area (Å²) in [6, 6.07) is 6.95. The highest BCUT2D eigenvalue weighted by molar-refractivity contribution is 9.10. The summed E-state index contributed by atoms with van der Waals surface area (Å²) in [6.45, 7) is 9.05. The van der Waals surface area contributed by atoms with Gasteiger partial charge < -0.3 is 5.32 Å². The Balaban J connectivity index is 2.98. The van der Waals surface area contributed by atoms with Gasteiger partial charge in [-0.25, -0.2) is 0 Å². The van der Waals surface area contributed by atoms with Gasteiger partial charge in [-0.3, -0.25) is 0 Å². The van der Waals surface area contributed by atoms with Crippen molar-refractivity contribution in [2.24, 2.45) is 5.92 Å². The highest BCUT2D eigenvalue weighted by Crippen LogP contribution is 2.35. The molecule has 0 radical (unpaired) electrons. The molecule has 0 aliphatic heterocycles. The van der Waals surface area contributed by atoms with Gasteiger partial charge in [-0.15, -0.1) is 11.8 Å². The summed E-state index contributed by atoms with van der Waals surface area (Å²) in [5.41, 5.74) is 1.38. The minimum atomic E-state index is 0.393. The van der Waals surface area contributed by atoms with Crippen LogP contribution in [0.25, 0.3) is 0 Å². The van der Waals surface area contributed by atoms with Crippen LogP contribution in [0.2, 0.25) is 0 Å². The molecule has 0 spiro atoms. The summed E-state index contributed by atoms with van der Waals surface area (Å²) in [5, 5.41) is 3.95. The van der Waals surface area contributed by atoms with E-state index >= 15 is 0 Å². The molecule has 0 aliphatic rings. The molecule has 1 N–H and O–H groups in total. The third-order valence-corrected chi connectivity index (χ3v) is 5.14. The maximum absolute atomic E-state index is 3.56. The highest BCUT2D eigenvalue weighted by atomic mass is 79.9. The SMILES string of the molecule is CNC(C)c1ccc(Br)cc1SC(C)C(C)C. The molecule has 2 unspecified atom stereocenters. The van der Waals surface area contributed by atoms with Gasteiger partial charge in [-0.2, -0.15) is 0 Å². The fraction of sp³-hybridized carbons (Fsp3) is 0.571. The Morgan fingerprint density at radius 2 is 1.82 bits per heavy atom. The fourth-order valence-corrected chi connectivity index (χ4v) is 3.22. The molecule has 1 nitrogen and oxygen atoms in total. The number of benzene rings is 1. The first-order valence-corrected chi connectivity index (χ1v) is 7.76. The lowest BCUT2D eigenvalue weighted by molar-refractivity contribution is 0.632. The van der Waals surface area contributed by atoms with Gasteiger partial charge in [0.1, 0.15) is 0 Å². The van der Waals surface area contributed by atoms with Crippen LogP contribution in [-0.2, 0) is 0 Å². The highest BCUT2D eigenvalue weighted by Gasteiger charge is 2.14. The molecule has 0 heterocycles. The third kappa shape index (κ3) is 4.31. The van der Waals surface area contributed by atoms with E-state index in [0.29, 0.717) is 17.2 Å². The molecule has 0 saturated heterocycles. The van der Waals surface area contributed by atoms with Crippen LogP contribution in [0.3, 0.4) is 0 Å². The van der Waals surface area contributed by atoms with Crippen molar-refractivity contribution < 1.29 is 0 Å². The lowest BCUT2D eigenvalue weighted by atomic mass is 10.1. The molecule has 2 atom stereocenters. The van der Waals surface area contributed by atoms with Crippen molar-refractivity contribution >= 4 is 27.7 Å². The number of rotatable bonds is 5. The molecule has 3 heteroatoms. The van der Waals surface area contributed by atoms with Crippen LogP contribution in [0.1, 0.15) is 39.3 Å². The molecule has 0 saturated carbocycles. The predicted molar refractivity (Wildman–Crippen MR) is 81.8 cm³/mol. The van der Waals surface area contributed by atoms with Crippen molar-refractivity contribution in [2.45, 2.75) is 43.9 Å². The van der Waals surface area contributed by atoms with Crippen LogP contribution in [-0.4, -0.2) is 12.3 Å². The first-order valence-electron chi connectivity index (χ1n) is 6.09.